The first kappa shape index (κ1) is 19.0. The second-order valence-corrected chi connectivity index (χ2v) is 6.68. The van der Waals surface area contributed by atoms with E-state index < -0.39 is 4.92 Å². The highest BCUT2D eigenvalue weighted by Gasteiger charge is 2.06. The third-order valence-electron chi connectivity index (χ3n) is 3.86. The molecule has 0 saturated carbocycles. The van der Waals surface area contributed by atoms with Crippen LogP contribution in [0.4, 0.5) is 11.4 Å². The lowest BCUT2D eigenvalue weighted by Crippen LogP contribution is -2.01. The van der Waals surface area contributed by atoms with Crippen LogP contribution >= 0.6 is 23.2 Å². The quantitative estimate of drug-likeness (QED) is 0.383. The summed E-state index contributed by atoms with van der Waals surface area (Å²) < 4.78 is 5.81. The fraction of sp³-hybridized carbons (Fsp3) is 0.100. The summed E-state index contributed by atoms with van der Waals surface area (Å²) in [5.74, 6) is 0.708. The number of rotatable bonds is 7. The third kappa shape index (κ3) is 5.36. The van der Waals surface area contributed by atoms with Crippen LogP contribution in [-0.4, -0.2) is 4.92 Å². The van der Waals surface area contributed by atoms with E-state index in [2.05, 4.69) is 5.32 Å². The first-order valence-corrected chi connectivity index (χ1v) is 8.91. The topological polar surface area (TPSA) is 64.4 Å². The number of ether oxygens (including phenoxy) is 1. The van der Waals surface area contributed by atoms with Gasteiger partial charge in [0, 0.05) is 40.0 Å². The maximum Gasteiger partial charge on any atom is 0.271 e. The minimum absolute atomic E-state index is 0.0527. The number of nitrogens with zero attached hydrogens (tertiary/aromatic N) is 1. The van der Waals surface area contributed by atoms with Crippen molar-refractivity contribution in [3.05, 3.63) is 98.0 Å². The number of nitro groups is 1. The molecule has 3 aromatic rings. The van der Waals surface area contributed by atoms with Gasteiger partial charge >= 0.3 is 0 Å². The van der Waals surface area contributed by atoms with Crippen molar-refractivity contribution < 1.29 is 9.66 Å². The van der Waals surface area contributed by atoms with Gasteiger partial charge in [-0.3, -0.25) is 10.1 Å². The standard InChI is InChI=1S/C20H16Cl2N2O3/c21-16-8-7-15(20(22)10-16)13-27-19-6-1-3-14(9-19)12-23-17-4-2-5-18(11-17)24(25)26/h1-11,23H,12-13H2. The van der Waals surface area contributed by atoms with Gasteiger partial charge in [0.05, 0.1) is 4.92 Å². The van der Waals surface area contributed by atoms with Gasteiger partial charge in [-0.1, -0.05) is 47.5 Å². The molecule has 0 unspecified atom stereocenters. The summed E-state index contributed by atoms with van der Waals surface area (Å²) in [6, 6.07) is 19.3. The van der Waals surface area contributed by atoms with Gasteiger partial charge in [0.1, 0.15) is 12.4 Å². The van der Waals surface area contributed by atoms with Crippen LogP contribution in [0.3, 0.4) is 0 Å². The monoisotopic (exact) mass is 402 g/mol. The molecule has 7 heteroatoms. The van der Waals surface area contributed by atoms with Crippen molar-refractivity contribution >= 4 is 34.6 Å². The van der Waals surface area contributed by atoms with Gasteiger partial charge in [0.2, 0.25) is 0 Å². The van der Waals surface area contributed by atoms with Crippen molar-refractivity contribution in [3.8, 4) is 5.75 Å². The molecule has 1 N–H and O–H groups in total. The summed E-state index contributed by atoms with van der Waals surface area (Å²) in [6.07, 6.45) is 0. The molecule has 0 aliphatic carbocycles. The molecule has 0 spiro atoms. The van der Waals surface area contributed by atoms with E-state index in [0.29, 0.717) is 34.6 Å². The Bertz CT molecular complexity index is 963. The van der Waals surface area contributed by atoms with Crippen molar-refractivity contribution in [2.75, 3.05) is 5.32 Å². The summed E-state index contributed by atoms with van der Waals surface area (Å²) >= 11 is 12.1. The molecule has 3 aromatic carbocycles. The minimum Gasteiger partial charge on any atom is -0.489 e. The highest BCUT2D eigenvalue weighted by Crippen LogP contribution is 2.23. The Morgan fingerprint density at radius 1 is 1.00 bits per heavy atom. The zero-order valence-electron chi connectivity index (χ0n) is 14.2. The Morgan fingerprint density at radius 3 is 2.59 bits per heavy atom. The normalized spacial score (nSPS) is 10.4. The molecule has 0 amide bonds. The van der Waals surface area contributed by atoms with Gasteiger partial charge in [0.15, 0.2) is 0 Å². The number of hydrogen-bond acceptors (Lipinski definition) is 4. The van der Waals surface area contributed by atoms with Crippen LogP contribution in [-0.2, 0) is 13.2 Å². The summed E-state index contributed by atoms with van der Waals surface area (Å²) in [7, 11) is 0. The molecule has 0 atom stereocenters. The van der Waals surface area contributed by atoms with Gasteiger partial charge < -0.3 is 10.1 Å². The zero-order chi connectivity index (χ0) is 19.2. The van der Waals surface area contributed by atoms with Crippen LogP contribution < -0.4 is 10.1 Å². The minimum atomic E-state index is -0.415. The Hall–Kier alpha value is -2.76. The molecule has 27 heavy (non-hydrogen) atoms. The van der Waals surface area contributed by atoms with Crippen molar-refractivity contribution in [1.29, 1.82) is 0 Å². The number of hydrogen-bond donors (Lipinski definition) is 1. The Labute approximate surface area is 166 Å². The lowest BCUT2D eigenvalue weighted by atomic mass is 10.2. The van der Waals surface area contributed by atoms with Crippen LogP contribution in [0, 0.1) is 10.1 Å². The summed E-state index contributed by atoms with van der Waals surface area (Å²) in [4.78, 5) is 10.4. The van der Waals surface area contributed by atoms with E-state index in [1.807, 2.05) is 30.3 Å². The van der Waals surface area contributed by atoms with Gasteiger partial charge in [-0.05, 0) is 35.9 Å². The number of halogens is 2. The smallest absolute Gasteiger partial charge is 0.271 e. The Morgan fingerprint density at radius 2 is 1.81 bits per heavy atom. The van der Waals surface area contributed by atoms with E-state index in [4.69, 9.17) is 27.9 Å². The van der Waals surface area contributed by atoms with E-state index in [0.717, 1.165) is 11.1 Å². The van der Waals surface area contributed by atoms with Crippen LogP contribution in [0.25, 0.3) is 0 Å². The largest absolute Gasteiger partial charge is 0.489 e. The molecule has 0 saturated heterocycles. The van der Waals surface area contributed by atoms with Crippen LogP contribution in [0.2, 0.25) is 10.0 Å². The number of benzene rings is 3. The molecule has 0 aromatic heterocycles. The van der Waals surface area contributed by atoms with Crippen molar-refractivity contribution in [2.24, 2.45) is 0 Å². The molecule has 0 aliphatic heterocycles. The fourth-order valence-corrected chi connectivity index (χ4v) is 2.94. The molecular formula is C20H16Cl2N2O3. The van der Waals surface area contributed by atoms with Gasteiger partial charge in [-0.2, -0.15) is 0 Å². The number of non-ortho nitro benzene ring substituents is 1. The van der Waals surface area contributed by atoms with E-state index in [9.17, 15) is 10.1 Å². The Balaban J connectivity index is 1.62. The summed E-state index contributed by atoms with van der Waals surface area (Å²) in [6.45, 7) is 0.845. The molecule has 3 rings (SSSR count). The SMILES string of the molecule is O=[N+]([O-])c1cccc(NCc2cccc(OCc3ccc(Cl)cc3Cl)c2)c1. The molecule has 0 fully saturated rings. The highest BCUT2D eigenvalue weighted by atomic mass is 35.5. The van der Waals surface area contributed by atoms with Gasteiger partial charge in [0.25, 0.3) is 5.69 Å². The summed E-state index contributed by atoms with van der Waals surface area (Å²) in [5, 5.41) is 15.2. The molecule has 5 nitrogen and oxygen atoms in total. The molecular weight excluding hydrogens is 387 g/mol. The number of nitrogens with one attached hydrogen (secondary N) is 1. The van der Waals surface area contributed by atoms with Crippen molar-refractivity contribution in [2.45, 2.75) is 13.2 Å². The average molecular weight is 403 g/mol. The molecule has 0 bridgehead atoms. The lowest BCUT2D eigenvalue weighted by Gasteiger charge is -2.11. The Kier molecular flexibility index (Phi) is 6.16. The highest BCUT2D eigenvalue weighted by molar-refractivity contribution is 6.35. The second-order valence-electron chi connectivity index (χ2n) is 5.83. The fourth-order valence-electron chi connectivity index (χ4n) is 2.48. The van der Waals surface area contributed by atoms with E-state index in [1.165, 1.54) is 12.1 Å². The van der Waals surface area contributed by atoms with E-state index in [1.54, 1.807) is 24.3 Å². The van der Waals surface area contributed by atoms with Gasteiger partial charge in [-0.15, -0.1) is 0 Å². The maximum atomic E-state index is 10.8. The van der Waals surface area contributed by atoms with E-state index in [-0.39, 0.29) is 5.69 Å². The lowest BCUT2D eigenvalue weighted by molar-refractivity contribution is -0.384. The number of anilines is 1. The molecule has 0 aliphatic rings. The third-order valence-corrected chi connectivity index (χ3v) is 4.45. The molecule has 0 heterocycles. The first-order valence-electron chi connectivity index (χ1n) is 8.15. The molecule has 138 valence electrons. The van der Waals surface area contributed by atoms with Crippen molar-refractivity contribution in [1.82, 2.24) is 0 Å². The van der Waals surface area contributed by atoms with Crippen LogP contribution in [0.5, 0.6) is 5.75 Å². The predicted molar refractivity (Wildman–Crippen MR) is 108 cm³/mol. The summed E-state index contributed by atoms with van der Waals surface area (Å²) in [5.41, 5.74) is 2.57. The van der Waals surface area contributed by atoms with Gasteiger partial charge in [-0.25, -0.2) is 0 Å². The zero-order valence-corrected chi connectivity index (χ0v) is 15.7. The maximum absolute atomic E-state index is 10.8. The van der Waals surface area contributed by atoms with Crippen molar-refractivity contribution in [3.63, 3.8) is 0 Å². The average Bonchev–Trinajstić information content (AvgIpc) is 2.66. The van der Waals surface area contributed by atoms with Crippen LogP contribution in [0.1, 0.15) is 11.1 Å². The van der Waals surface area contributed by atoms with E-state index >= 15 is 0 Å². The van der Waals surface area contributed by atoms with Crippen LogP contribution in [0.15, 0.2) is 66.7 Å². The molecule has 0 radical (unpaired) electrons. The first-order chi connectivity index (χ1) is 13.0. The predicted octanol–water partition coefficient (Wildman–Crippen LogP) is 6.09. The second kappa shape index (κ2) is 8.75. The number of nitro benzene ring substituents is 1.